The van der Waals surface area contributed by atoms with Gasteiger partial charge in [0.1, 0.15) is 9.84 Å². The first-order valence-electron chi connectivity index (χ1n) is 7.63. The first kappa shape index (κ1) is 18.3. The predicted molar refractivity (Wildman–Crippen MR) is 86.1 cm³/mol. The molecule has 6 heteroatoms. The summed E-state index contributed by atoms with van der Waals surface area (Å²) in [5.74, 6) is 0.152. The van der Waals surface area contributed by atoms with Crippen molar-refractivity contribution in [3.63, 3.8) is 0 Å². The minimum atomic E-state index is -2.96. The Morgan fingerprint density at radius 2 is 1.95 bits per heavy atom. The summed E-state index contributed by atoms with van der Waals surface area (Å²) >= 11 is 0. The monoisotopic (exact) mass is 318 g/mol. The van der Waals surface area contributed by atoms with Crippen LogP contribution in [0.15, 0.2) is 0 Å². The van der Waals surface area contributed by atoms with Gasteiger partial charge in [-0.2, -0.15) is 0 Å². The van der Waals surface area contributed by atoms with Gasteiger partial charge >= 0.3 is 6.03 Å². The van der Waals surface area contributed by atoms with Gasteiger partial charge in [-0.05, 0) is 30.1 Å². The maximum absolute atomic E-state index is 12.0. The van der Waals surface area contributed by atoms with Gasteiger partial charge in [0, 0.05) is 18.8 Å². The number of rotatable bonds is 6. The summed E-state index contributed by atoms with van der Waals surface area (Å²) in [6, 6.07) is 0.0686. The second kappa shape index (κ2) is 6.55. The van der Waals surface area contributed by atoms with Gasteiger partial charge < -0.3 is 10.6 Å². The lowest BCUT2D eigenvalue weighted by molar-refractivity contribution is 0.216. The molecule has 1 saturated carbocycles. The van der Waals surface area contributed by atoms with E-state index in [1.807, 2.05) is 13.8 Å². The van der Waals surface area contributed by atoms with Gasteiger partial charge in [0.25, 0.3) is 0 Å². The molecule has 1 fully saturated rings. The van der Waals surface area contributed by atoms with Crippen molar-refractivity contribution in [3.8, 4) is 0 Å². The van der Waals surface area contributed by atoms with E-state index in [9.17, 15) is 13.2 Å². The highest BCUT2D eigenvalue weighted by Crippen LogP contribution is 2.37. The van der Waals surface area contributed by atoms with E-state index in [0.29, 0.717) is 13.0 Å². The van der Waals surface area contributed by atoms with Crippen LogP contribution in [0.25, 0.3) is 0 Å². The third kappa shape index (κ3) is 6.68. The van der Waals surface area contributed by atoms with E-state index >= 15 is 0 Å². The molecule has 124 valence electrons. The maximum atomic E-state index is 12.0. The molecule has 0 bridgehead atoms. The lowest BCUT2D eigenvalue weighted by Crippen LogP contribution is -2.48. The topological polar surface area (TPSA) is 75.3 Å². The molecular weight excluding hydrogens is 288 g/mol. The van der Waals surface area contributed by atoms with Crippen LogP contribution in [0.5, 0.6) is 0 Å². The van der Waals surface area contributed by atoms with Crippen LogP contribution in [-0.2, 0) is 9.84 Å². The van der Waals surface area contributed by atoms with Gasteiger partial charge in [-0.1, -0.05) is 34.1 Å². The van der Waals surface area contributed by atoms with Crippen LogP contribution in [0, 0.1) is 10.8 Å². The number of amides is 2. The summed E-state index contributed by atoms with van der Waals surface area (Å²) in [4.78, 5) is 12.0. The Morgan fingerprint density at radius 3 is 2.43 bits per heavy atom. The van der Waals surface area contributed by atoms with E-state index in [1.165, 1.54) is 6.26 Å². The SMILES string of the molecule is CC(C)(CCS(C)(=O)=O)CNC(=O)NC1CCCC1(C)C. The second-order valence-electron chi connectivity index (χ2n) is 7.80. The molecule has 0 saturated heterocycles. The normalized spacial score (nSPS) is 22.0. The van der Waals surface area contributed by atoms with Crippen molar-refractivity contribution >= 4 is 15.9 Å². The molecule has 0 heterocycles. The summed E-state index contributed by atoms with van der Waals surface area (Å²) in [5, 5.41) is 5.92. The number of carbonyl (C=O) groups is 1. The fourth-order valence-corrected chi connectivity index (χ4v) is 3.60. The summed E-state index contributed by atoms with van der Waals surface area (Å²) in [6.45, 7) is 8.78. The van der Waals surface area contributed by atoms with E-state index < -0.39 is 9.84 Å². The molecule has 5 nitrogen and oxygen atoms in total. The van der Waals surface area contributed by atoms with Crippen LogP contribution < -0.4 is 10.6 Å². The average molecular weight is 318 g/mol. The molecular formula is C15H30N2O3S. The molecule has 0 aromatic carbocycles. The Labute approximate surface area is 129 Å². The molecule has 2 amide bonds. The number of hydrogen-bond donors (Lipinski definition) is 2. The molecule has 1 aliphatic carbocycles. The van der Waals surface area contributed by atoms with Crippen molar-refractivity contribution in [1.29, 1.82) is 0 Å². The zero-order valence-electron chi connectivity index (χ0n) is 14.0. The Kier molecular flexibility index (Phi) is 5.69. The fourth-order valence-electron chi connectivity index (χ4n) is 2.67. The third-order valence-corrected chi connectivity index (χ3v) is 5.39. The van der Waals surface area contributed by atoms with Gasteiger partial charge in [-0.15, -0.1) is 0 Å². The second-order valence-corrected chi connectivity index (χ2v) is 10.1. The van der Waals surface area contributed by atoms with Gasteiger partial charge in [-0.25, -0.2) is 13.2 Å². The number of carbonyl (C=O) groups excluding carboxylic acids is 1. The number of urea groups is 1. The van der Waals surface area contributed by atoms with Gasteiger partial charge in [0.15, 0.2) is 0 Å². The number of nitrogens with one attached hydrogen (secondary N) is 2. The molecule has 21 heavy (non-hydrogen) atoms. The Hall–Kier alpha value is -0.780. The molecule has 0 aromatic rings. The van der Waals surface area contributed by atoms with E-state index in [0.717, 1.165) is 19.3 Å². The van der Waals surface area contributed by atoms with Gasteiger partial charge in [-0.3, -0.25) is 0 Å². The smallest absolute Gasteiger partial charge is 0.315 e. The van der Waals surface area contributed by atoms with Crippen molar-refractivity contribution in [2.24, 2.45) is 10.8 Å². The fraction of sp³-hybridized carbons (Fsp3) is 0.933. The van der Waals surface area contributed by atoms with Crippen molar-refractivity contribution in [1.82, 2.24) is 10.6 Å². The predicted octanol–water partition coefficient (Wildman–Crippen LogP) is 2.33. The van der Waals surface area contributed by atoms with Gasteiger partial charge in [0.05, 0.1) is 5.75 Å². The molecule has 1 aliphatic rings. The lowest BCUT2D eigenvalue weighted by Gasteiger charge is -2.29. The van der Waals surface area contributed by atoms with Crippen LogP contribution >= 0.6 is 0 Å². The number of sulfone groups is 1. The molecule has 0 aromatic heterocycles. The molecule has 1 atom stereocenters. The molecule has 0 spiro atoms. The minimum absolute atomic E-state index is 0.151. The summed E-state index contributed by atoms with van der Waals surface area (Å²) in [5.41, 5.74) is -0.0746. The van der Waals surface area contributed by atoms with Gasteiger partial charge in [0.2, 0.25) is 0 Å². The van der Waals surface area contributed by atoms with Crippen LogP contribution in [0.2, 0.25) is 0 Å². The van der Waals surface area contributed by atoms with Crippen molar-refractivity contribution in [2.75, 3.05) is 18.6 Å². The number of hydrogen-bond acceptors (Lipinski definition) is 3. The van der Waals surface area contributed by atoms with Crippen LogP contribution in [-0.4, -0.2) is 39.0 Å². The summed E-state index contributed by atoms with van der Waals surface area (Å²) < 4.78 is 22.4. The van der Waals surface area contributed by atoms with E-state index in [2.05, 4.69) is 24.5 Å². The lowest BCUT2D eigenvalue weighted by atomic mass is 9.87. The first-order chi connectivity index (χ1) is 9.41. The zero-order valence-corrected chi connectivity index (χ0v) is 14.8. The highest BCUT2D eigenvalue weighted by molar-refractivity contribution is 7.90. The maximum Gasteiger partial charge on any atom is 0.315 e. The molecule has 1 rings (SSSR count). The standard InChI is InChI=1S/C15H30N2O3S/c1-14(2,9-10-21(5,19)20)11-16-13(18)17-12-7-6-8-15(12,3)4/h12H,6-11H2,1-5H3,(H2,16,17,18). The van der Waals surface area contributed by atoms with Crippen molar-refractivity contribution in [2.45, 2.75) is 59.4 Å². The summed E-state index contributed by atoms with van der Waals surface area (Å²) in [7, 11) is -2.96. The largest absolute Gasteiger partial charge is 0.338 e. The molecule has 2 N–H and O–H groups in total. The Bertz CT molecular complexity index is 469. The van der Waals surface area contributed by atoms with E-state index in [4.69, 9.17) is 0 Å². The van der Waals surface area contributed by atoms with Crippen LogP contribution in [0.1, 0.15) is 53.4 Å². The quantitative estimate of drug-likeness (QED) is 0.789. The van der Waals surface area contributed by atoms with E-state index in [-0.39, 0.29) is 28.7 Å². The molecule has 1 unspecified atom stereocenters. The highest BCUT2D eigenvalue weighted by Gasteiger charge is 2.35. The summed E-state index contributed by atoms with van der Waals surface area (Å²) in [6.07, 6.45) is 5.10. The van der Waals surface area contributed by atoms with Crippen LogP contribution in [0.4, 0.5) is 4.79 Å². The van der Waals surface area contributed by atoms with Crippen molar-refractivity contribution < 1.29 is 13.2 Å². The Morgan fingerprint density at radius 1 is 1.33 bits per heavy atom. The van der Waals surface area contributed by atoms with Crippen molar-refractivity contribution in [3.05, 3.63) is 0 Å². The molecule has 0 aliphatic heterocycles. The average Bonchev–Trinajstić information content (AvgIpc) is 2.63. The Balaban J connectivity index is 2.38. The van der Waals surface area contributed by atoms with E-state index in [1.54, 1.807) is 0 Å². The van der Waals surface area contributed by atoms with Crippen LogP contribution in [0.3, 0.4) is 0 Å². The first-order valence-corrected chi connectivity index (χ1v) is 9.69. The minimum Gasteiger partial charge on any atom is -0.338 e. The highest BCUT2D eigenvalue weighted by atomic mass is 32.2. The molecule has 0 radical (unpaired) electrons. The third-order valence-electron chi connectivity index (χ3n) is 4.44. The zero-order chi connectivity index (χ0) is 16.3.